The predicted molar refractivity (Wildman–Crippen MR) is 56.8 cm³/mol. The van der Waals surface area contributed by atoms with Crippen LogP contribution in [0.15, 0.2) is 29.2 Å². The minimum atomic E-state index is -1.24. The van der Waals surface area contributed by atoms with Crippen LogP contribution in [0.3, 0.4) is 0 Å². The van der Waals surface area contributed by atoms with Crippen LogP contribution in [0.4, 0.5) is 4.39 Å². The van der Waals surface area contributed by atoms with E-state index in [9.17, 15) is 13.7 Å². The van der Waals surface area contributed by atoms with Crippen molar-refractivity contribution in [2.75, 3.05) is 5.75 Å². The van der Waals surface area contributed by atoms with Gasteiger partial charge >= 0.3 is 0 Å². The average molecular weight is 245 g/mol. The van der Waals surface area contributed by atoms with Crippen LogP contribution in [-0.4, -0.2) is 21.4 Å². The van der Waals surface area contributed by atoms with E-state index in [1.807, 2.05) is 0 Å². The first kappa shape index (κ1) is 13.0. The fraction of sp³-hybridized carbons (Fsp3) is 0.300. The maximum absolute atomic E-state index is 12.6. The Bertz CT molecular complexity index is 344. The van der Waals surface area contributed by atoms with Crippen molar-refractivity contribution in [3.63, 3.8) is 0 Å². The third-order valence-electron chi connectivity index (χ3n) is 1.93. The Kier molecular flexibility index (Phi) is 5.24. The fourth-order valence-corrected chi connectivity index (χ4v) is 2.21. The van der Waals surface area contributed by atoms with Crippen molar-refractivity contribution in [3.05, 3.63) is 30.1 Å². The molecule has 1 aromatic rings. The van der Waals surface area contributed by atoms with Gasteiger partial charge in [-0.3, -0.25) is 10.0 Å². The summed E-state index contributed by atoms with van der Waals surface area (Å²) < 4.78 is 24.2. The second kappa shape index (κ2) is 6.47. The molecule has 88 valence electrons. The molecule has 1 atom stereocenters. The average Bonchev–Trinajstić information content (AvgIpc) is 2.29. The Hall–Kier alpha value is -1.11. The summed E-state index contributed by atoms with van der Waals surface area (Å²) in [6, 6.07) is 5.40. The summed E-state index contributed by atoms with van der Waals surface area (Å²) in [5.41, 5.74) is 1.50. The van der Waals surface area contributed by atoms with Crippen molar-refractivity contribution in [3.8, 4) is 0 Å². The van der Waals surface area contributed by atoms with E-state index in [0.29, 0.717) is 17.1 Å². The van der Waals surface area contributed by atoms with E-state index < -0.39 is 17.1 Å². The highest BCUT2D eigenvalue weighted by Gasteiger charge is 2.11. The predicted octanol–water partition coefficient (Wildman–Crippen LogP) is 1.22. The van der Waals surface area contributed by atoms with Gasteiger partial charge in [0.1, 0.15) is 11.6 Å². The van der Waals surface area contributed by atoms with Gasteiger partial charge in [-0.1, -0.05) is 0 Å². The van der Waals surface area contributed by atoms with Gasteiger partial charge in [-0.15, -0.1) is 0 Å². The minimum absolute atomic E-state index is 0.115. The molecule has 4 nitrogen and oxygen atoms in total. The van der Waals surface area contributed by atoms with Crippen LogP contribution < -0.4 is 5.48 Å². The van der Waals surface area contributed by atoms with E-state index in [4.69, 9.17) is 5.21 Å². The van der Waals surface area contributed by atoms with Crippen LogP contribution in [-0.2, 0) is 16.0 Å². The van der Waals surface area contributed by atoms with Gasteiger partial charge in [0, 0.05) is 12.8 Å². The van der Waals surface area contributed by atoms with E-state index in [0.717, 1.165) is 0 Å². The molecule has 1 unspecified atom stereocenters. The molecule has 0 fully saturated rings. The van der Waals surface area contributed by atoms with Gasteiger partial charge in [-0.05, 0) is 35.4 Å². The third-order valence-corrected chi connectivity index (χ3v) is 3.39. The van der Waals surface area contributed by atoms with E-state index in [1.54, 1.807) is 0 Å². The summed E-state index contributed by atoms with van der Waals surface area (Å²) in [6.45, 7) is 0. The van der Waals surface area contributed by atoms with Gasteiger partial charge in [-0.2, -0.15) is 0 Å². The summed E-state index contributed by atoms with van der Waals surface area (Å²) in [5, 5.41) is 8.23. The van der Waals surface area contributed by atoms with Gasteiger partial charge in [0.2, 0.25) is 5.91 Å². The first-order chi connectivity index (χ1) is 7.63. The smallest absolute Gasteiger partial charge is 0.243 e. The highest BCUT2D eigenvalue weighted by atomic mass is 32.2. The van der Waals surface area contributed by atoms with Crippen LogP contribution in [0.5, 0.6) is 0 Å². The molecule has 2 N–H and O–H groups in total. The molecule has 0 bridgehead atoms. The quantitative estimate of drug-likeness (QED) is 0.465. The van der Waals surface area contributed by atoms with Crippen molar-refractivity contribution in [1.82, 2.24) is 5.48 Å². The second-order valence-corrected chi connectivity index (χ2v) is 4.71. The van der Waals surface area contributed by atoms with Gasteiger partial charge in [0.25, 0.3) is 0 Å². The zero-order chi connectivity index (χ0) is 12.0. The van der Waals surface area contributed by atoms with E-state index >= 15 is 0 Å². The number of hydrogen-bond donors (Lipinski definition) is 2. The van der Waals surface area contributed by atoms with Crippen LogP contribution in [0, 0.1) is 5.82 Å². The Morgan fingerprint density at radius 3 is 2.62 bits per heavy atom. The molecule has 0 saturated carbocycles. The zero-order valence-electron chi connectivity index (χ0n) is 8.48. The van der Waals surface area contributed by atoms with Gasteiger partial charge in [-0.25, -0.2) is 9.87 Å². The highest BCUT2D eigenvalue weighted by molar-refractivity contribution is 7.91. The van der Waals surface area contributed by atoms with E-state index in [-0.39, 0.29) is 12.2 Å². The van der Waals surface area contributed by atoms with Crippen molar-refractivity contribution < 1.29 is 18.9 Å². The SMILES string of the molecule is O=C(CCC[S+]([O-])c1ccc(F)cc1)NO. The van der Waals surface area contributed by atoms with Gasteiger partial charge < -0.3 is 4.55 Å². The Morgan fingerprint density at radius 1 is 1.44 bits per heavy atom. The number of hydrogen-bond acceptors (Lipinski definition) is 3. The number of rotatable bonds is 5. The Balaban J connectivity index is 2.37. The summed E-state index contributed by atoms with van der Waals surface area (Å²) in [5.74, 6) is -0.574. The lowest BCUT2D eigenvalue weighted by atomic mass is 10.3. The Labute approximate surface area is 95.6 Å². The van der Waals surface area contributed by atoms with Crippen molar-refractivity contribution >= 4 is 17.1 Å². The molecule has 0 radical (unpaired) electrons. The first-order valence-electron chi connectivity index (χ1n) is 4.70. The van der Waals surface area contributed by atoms with E-state index in [1.165, 1.54) is 29.7 Å². The molecule has 0 saturated heterocycles. The number of benzene rings is 1. The highest BCUT2D eigenvalue weighted by Crippen LogP contribution is 2.13. The van der Waals surface area contributed by atoms with Gasteiger partial charge in [0.05, 0.1) is 0 Å². The summed E-state index contributed by atoms with van der Waals surface area (Å²) in [4.78, 5) is 11.2. The lowest BCUT2D eigenvalue weighted by Crippen LogP contribution is -2.19. The molecular formula is C10H12FNO3S. The number of amides is 1. The summed E-state index contributed by atoms with van der Waals surface area (Å²) in [7, 11) is 0. The summed E-state index contributed by atoms with van der Waals surface area (Å²) in [6.07, 6.45) is 0.514. The normalized spacial score (nSPS) is 12.2. The molecular weight excluding hydrogens is 233 g/mol. The molecule has 0 aliphatic rings. The lowest BCUT2D eigenvalue weighted by Gasteiger charge is -2.09. The topological polar surface area (TPSA) is 72.4 Å². The molecule has 1 aromatic carbocycles. The maximum atomic E-state index is 12.6. The third kappa shape index (κ3) is 4.18. The number of carbonyl (C=O) groups excluding carboxylic acids is 1. The standard InChI is InChI=1S/C10H12FNO3S/c11-8-3-5-9(6-4-8)16(15)7-1-2-10(13)12-14/h3-6,14H,1-2,7H2,(H,12,13). The zero-order valence-corrected chi connectivity index (χ0v) is 9.30. The lowest BCUT2D eigenvalue weighted by molar-refractivity contribution is -0.129. The first-order valence-corrected chi connectivity index (χ1v) is 6.02. The molecule has 0 spiro atoms. The molecule has 0 aliphatic heterocycles. The molecule has 0 heterocycles. The van der Waals surface area contributed by atoms with Crippen molar-refractivity contribution in [1.29, 1.82) is 0 Å². The molecule has 0 aromatic heterocycles. The number of nitrogens with one attached hydrogen (secondary N) is 1. The Morgan fingerprint density at radius 2 is 2.06 bits per heavy atom. The van der Waals surface area contributed by atoms with Crippen LogP contribution in [0.1, 0.15) is 12.8 Å². The minimum Gasteiger partial charge on any atom is -0.611 e. The molecule has 1 amide bonds. The molecule has 16 heavy (non-hydrogen) atoms. The molecule has 0 aliphatic carbocycles. The van der Waals surface area contributed by atoms with Crippen molar-refractivity contribution in [2.24, 2.45) is 0 Å². The van der Waals surface area contributed by atoms with Crippen LogP contribution >= 0.6 is 0 Å². The molecule has 6 heteroatoms. The summed E-state index contributed by atoms with van der Waals surface area (Å²) >= 11 is -1.24. The van der Waals surface area contributed by atoms with Crippen LogP contribution in [0.25, 0.3) is 0 Å². The van der Waals surface area contributed by atoms with Gasteiger partial charge in [0.15, 0.2) is 4.90 Å². The monoisotopic (exact) mass is 245 g/mol. The number of halogens is 1. The number of carbonyl (C=O) groups is 1. The number of hydroxylamine groups is 1. The fourth-order valence-electron chi connectivity index (χ4n) is 1.12. The van der Waals surface area contributed by atoms with Crippen molar-refractivity contribution in [2.45, 2.75) is 17.7 Å². The maximum Gasteiger partial charge on any atom is 0.243 e. The second-order valence-electron chi connectivity index (χ2n) is 3.14. The molecule has 1 rings (SSSR count). The largest absolute Gasteiger partial charge is 0.611 e. The van der Waals surface area contributed by atoms with E-state index in [2.05, 4.69) is 0 Å². The van der Waals surface area contributed by atoms with Crippen LogP contribution in [0.2, 0.25) is 0 Å².